The zero-order chi connectivity index (χ0) is 30.3. The number of ether oxygens (including phenoxy) is 1. The molecule has 1 N–H and O–H groups in total. The van der Waals surface area contributed by atoms with Gasteiger partial charge in [-0.2, -0.15) is 13.2 Å². The number of aromatic hydroxyl groups is 1. The Labute approximate surface area is 236 Å². The summed E-state index contributed by atoms with van der Waals surface area (Å²) in [5.74, 6) is -5.70. The second kappa shape index (κ2) is 11.3. The Morgan fingerprint density at radius 2 is 1.66 bits per heavy atom. The van der Waals surface area contributed by atoms with Gasteiger partial charge in [-0.15, -0.1) is 0 Å². The minimum absolute atomic E-state index is 0.0839. The minimum Gasteiger partial charge on any atom is -0.508 e. The number of benzene rings is 2. The van der Waals surface area contributed by atoms with Crippen molar-refractivity contribution in [1.29, 1.82) is 0 Å². The molecule has 222 valence electrons. The molecular weight excluding hydrogens is 544 g/mol. The third-order valence-corrected chi connectivity index (χ3v) is 7.72. The van der Waals surface area contributed by atoms with Crippen molar-refractivity contribution in [3.63, 3.8) is 0 Å². The second-order valence-electron chi connectivity index (χ2n) is 11.7. The van der Waals surface area contributed by atoms with Gasteiger partial charge in [0, 0.05) is 37.0 Å². The molecule has 2 amide bonds. The van der Waals surface area contributed by atoms with Crippen LogP contribution in [0.2, 0.25) is 0 Å². The number of hydrogen-bond donors (Lipinski definition) is 1. The van der Waals surface area contributed by atoms with Gasteiger partial charge in [-0.3, -0.25) is 9.59 Å². The molecule has 0 spiro atoms. The van der Waals surface area contributed by atoms with E-state index >= 15 is 0 Å². The van der Waals surface area contributed by atoms with Crippen LogP contribution in [0.5, 0.6) is 5.75 Å². The largest absolute Gasteiger partial charge is 0.508 e. The molecule has 11 heteroatoms. The Bertz CT molecular complexity index is 1320. The molecule has 4 unspecified atom stereocenters. The van der Waals surface area contributed by atoms with Crippen LogP contribution >= 0.6 is 0 Å². The van der Waals surface area contributed by atoms with Crippen LogP contribution in [0.3, 0.4) is 0 Å². The van der Waals surface area contributed by atoms with E-state index in [-0.39, 0.29) is 49.4 Å². The van der Waals surface area contributed by atoms with Crippen LogP contribution in [0.25, 0.3) is 0 Å². The van der Waals surface area contributed by atoms with Crippen LogP contribution < -0.4 is 0 Å². The standard InChI is InChI=1S/C30H34F4N2O5/c1-17-20(10-6-11-23(17)31)25-21(26(38)18-8-5-9-19(37)14-18)15-35(28(40)41-29(2,3)4)16-22(25)27(39)36-13-7-12-24(36)30(32,33)34/h5-6,8-11,14,21-22,24-25,37H,7,12-13,15-16H2,1-4H3. The summed E-state index contributed by atoms with van der Waals surface area (Å²) >= 11 is 0. The van der Waals surface area contributed by atoms with Crippen LogP contribution in [0.15, 0.2) is 42.5 Å². The number of nitrogens with zero attached hydrogens (tertiary/aromatic N) is 2. The highest BCUT2D eigenvalue weighted by Gasteiger charge is 2.53. The number of hydrogen-bond acceptors (Lipinski definition) is 5. The van der Waals surface area contributed by atoms with E-state index in [0.29, 0.717) is 5.56 Å². The monoisotopic (exact) mass is 578 g/mol. The van der Waals surface area contributed by atoms with Gasteiger partial charge in [0.05, 0.1) is 5.92 Å². The molecule has 41 heavy (non-hydrogen) atoms. The van der Waals surface area contributed by atoms with Crippen molar-refractivity contribution in [2.24, 2.45) is 11.8 Å². The van der Waals surface area contributed by atoms with E-state index in [1.807, 2.05) is 0 Å². The predicted molar refractivity (Wildman–Crippen MR) is 142 cm³/mol. The molecule has 2 aliphatic rings. The van der Waals surface area contributed by atoms with Crippen molar-refractivity contribution in [3.8, 4) is 5.75 Å². The van der Waals surface area contributed by atoms with Gasteiger partial charge in [-0.05, 0) is 69.9 Å². The first-order chi connectivity index (χ1) is 19.1. The Hall–Kier alpha value is -3.63. The summed E-state index contributed by atoms with van der Waals surface area (Å²) in [5.41, 5.74) is -0.384. The molecule has 2 aromatic rings. The molecule has 2 fully saturated rings. The summed E-state index contributed by atoms with van der Waals surface area (Å²) in [6.45, 7) is 5.73. The quantitative estimate of drug-likeness (QED) is 0.364. The summed E-state index contributed by atoms with van der Waals surface area (Å²) in [6.07, 6.45) is -5.60. The number of carbonyl (C=O) groups is 3. The Kier molecular flexibility index (Phi) is 8.38. The fourth-order valence-electron chi connectivity index (χ4n) is 5.89. The first kappa shape index (κ1) is 30.3. The molecule has 2 aromatic carbocycles. The van der Waals surface area contributed by atoms with E-state index in [9.17, 15) is 37.1 Å². The fraction of sp³-hybridized carbons (Fsp3) is 0.500. The lowest BCUT2D eigenvalue weighted by Gasteiger charge is -2.45. The zero-order valence-corrected chi connectivity index (χ0v) is 23.4. The number of piperidine rings is 1. The molecule has 0 aromatic heterocycles. The van der Waals surface area contributed by atoms with E-state index in [1.165, 1.54) is 48.2 Å². The molecule has 2 aliphatic heterocycles. The molecule has 0 bridgehead atoms. The molecular formula is C30H34F4N2O5. The summed E-state index contributed by atoms with van der Waals surface area (Å²) < 4.78 is 62.1. The van der Waals surface area contributed by atoms with Crippen molar-refractivity contribution in [1.82, 2.24) is 9.80 Å². The lowest BCUT2D eigenvalue weighted by molar-refractivity contribution is -0.185. The predicted octanol–water partition coefficient (Wildman–Crippen LogP) is 5.84. The number of likely N-dealkylation sites (tertiary alicyclic amines) is 2. The van der Waals surface area contributed by atoms with E-state index in [1.54, 1.807) is 26.8 Å². The lowest BCUT2D eigenvalue weighted by atomic mass is 9.69. The number of amides is 2. The van der Waals surface area contributed by atoms with Crippen LogP contribution in [0.1, 0.15) is 61.0 Å². The van der Waals surface area contributed by atoms with Crippen LogP contribution in [0.4, 0.5) is 22.4 Å². The van der Waals surface area contributed by atoms with Gasteiger partial charge < -0.3 is 19.6 Å². The van der Waals surface area contributed by atoms with E-state index in [0.717, 1.165) is 4.90 Å². The van der Waals surface area contributed by atoms with Crippen LogP contribution in [-0.2, 0) is 9.53 Å². The average molecular weight is 579 g/mol. The normalized spacial score (nSPS) is 23.4. The third-order valence-electron chi connectivity index (χ3n) is 7.72. The molecule has 4 rings (SSSR count). The lowest BCUT2D eigenvalue weighted by Crippen LogP contribution is -2.57. The molecule has 2 heterocycles. The van der Waals surface area contributed by atoms with Crippen molar-refractivity contribution in [3.05, 3.63) is 65.0 Å². The highest BCUT2D eigenvalue weighted by atomic mass is 19.4. The summed E-state index contributed by atoms with van der Waals surface area (Å²) in [5, 5.41) is 10.0. The van der Waals surface area contributed by atoms with Gasteiger partial charge >= 0.3 is 12.3 Å². The van der Waals surface area contributed by atoms with Crippen LogP contribution in [-0.4, -0.2) is 70.1 Å². The number of rotatable bonds is 4. The number of halogens is 4. The van der Waals surface area contributed by atoms with Crippen molar-refractivity contribution in [2.75, 3.05) is 19.6 Å². The van der Waals surface area contributed by atoms with E-state index in [2.05, 4.69) is 0 Å². The Morgan fingerprint density at radius 3 is 2.29 bits per heavy atom. The molecule has 4 atom stereocenters. The summed E-state index contributed by atoms with van der Waals surface area (Å²) in [4.78, 5) is 43.2. The maximum absolute atomic E-state index is 14.8. The first-order valence-corrected chi connectivity index (χ1v) is 13.5. The summed E-state index contributed by atoms with van der Waals surface area (Å²) in [7, 11) is 0. The molecule has 0 radical (unpaired) electrons. The zero-order valence-electron chi connectivity index (χ0n) is 23.4. The van der Waals surface area contributed by atoms with E-state index < -0.39 is 59.2 Å². The topological polar surface area (TPSA) is 87.1 Å². The fourth-order valence-corrected chi connectivity index (χ4v) is 5.89. The van der Waals surface area contributed by atoms with Gasteiger partial charge in [-0.25, -0.2) is 9.18 Å². The number of alkyl halides is 3. The maximum atomic E-state index is 14.8. The van der Waals surface area contributed by atoms with Crippen molar-refractivity contribution in [2.45, 2.75) is 64.3 Å². The number of phenolic OH excluding ortho intramolecular Hbond substituents is 1. The SMILES string of the molecule is Cc1c(F)cccc1C1C(C(=O)c2cccc(O)c2)CN(C(=O)OC(C)(C)C)CC1C(=O)N1CCCC1C(F)(F)F. The van der Waals surface area contributed by atoms with Gasteiger partial charge in [0.25, 0.3) is 0 Å². The molecule has 2 saturated heterocycles. The minimum atomic E-state index is -4.66. The number of carbonyl (C=O) groups excluding carboxylic acids is 3. The smallest absolute Gasteiger partial charge is 0.410 e. The second-order valence-corrected chi connectivity index (χ2v) is 11.7. The molecule has 7 nitrogen and oxygen atoms in total. The van der Waals surface area contributed by atoms with E-state index in [4.69, 9.17) is 4.74 Å². The average Bonchev–Trinajstić information content (AvgIpc) is 3.39. The van der Waals surface area contributed by atoms with Gasteiger partial charge in [0.15, 0.2) is 5.78 Å². The molecule has 0 aliphatic carbocycles. The maximum Gasteiger partial charge on any atom is 0.410 e. The van der Waals surface area contributed by atoms with Crippen molar-refractivity contribution >= 4 is 17.8 Å². The summed E-state index contributed by atoms with van der Waals surface area (Å²) in [6, 6.07) is 7.72. The highest BCUT2D eigenvalue weighted by Crippen LogP contribution is 2.44. The molecule has 0 saturated carbocycles. The number of phenols is 1. The highest BCUT2D eigenvalue weighted by molar-refractivity contribution is 6.00. The number of ketones is 1. The third kappa shape index (κ3) is 6.49. The van der Waals surface area contributed by atoms with Gasteiger partial charge in [0.1, 0.15) is 23.2 Å². The number of Topliss-reactive ketones (excluding diaryl/α,β-unsaturated/α-hetero) is 1. The Balaban J connectivity index is 1.87. The van der Waals surface area contributed by atoms with Gasteiger partial charge in [0.2, 0.25) is 5.91 Å². The van der Waals surface area contributed by atoms with Gasteiger partial charge in [-0.1, -0.05) is 24.3 Å². The van der Waals surface area contributed by atoms with Crippen molar-refractivity contribution < 1.29 is 41.8 Å². The van der Waals surface area contributed by atoms with Crippen LogP contribution in [0, 0.1) is 24.6 Å². The first-order valence-electron chi connectivity index (χ1n) is 13.5. The Morgan fingerprint density at radius 1 is 1.00 bits per heavy atom.